The minimum Gasteiger partial charge on any atom is -0.458 e. The number of ether oxygens (including phenoxy) is 1. The normalized spacial score (nSPS) is 18.9. The van der Waals surface area contributed by atoms with Gasteiger partial charge in [0, 0.05) is 24.3 Å². The van der Waals surface area contributed by atoms with Gasteiger partial charge in [0.15, 0.2) is 0 Å². The third-order valence-electron chi connectivity index (χ3n) is 3.38. The molecule has 1 aromatic heterocycles. The van der Waals surface area contributed by atoms with E-state index in [-0.39, 0.29) is 11.9 Å². The highest BCUT2D eigenvalue weighted by Crippen LogP contribution is 2.24. The van der Waals surface area contributed by atoms with Crippen molar-refractivity contribution in [2.75, 3.05) is 6.54 Å². The summed E-state index contributed by atoms with van der Waals surface area (Å²) >= 11 is 3.36. The summed E-state index contributed by atoms with van der Waals surface area (Å²) in [6, 6.07) is 1.29. The van der Waals surface area contributed by atoms with E-state index in [2.05, 4.69) is 15.9 Å². The molecule has 0 N–H and O–H groups in total. The van der Waals surface area contributed by atoms with Crippen molar-refractivity contribution in [2.45, 2.75) is 45.3 Å². The quantitative estimate of drug-likeness (QED) is 0.765. The zero-order valence-corrected chi connectivity index (χ0v) is 14.4. The first kappa shape index (κ1) is 16.1. The van der Waals surface area contributed by atoms with Crippen molar-refractivity contribution < 1.29 is 14.3 Å². The monoisotopic (exact) mass is 356 g/mol. The summed E-state index contributed by atoms with van der Waals surface area (Å²) in [5.41, 5.74) is 0.0277. The van der Waals surface area contributed by atoms with Crippen LogP contribution in [0.3, 0.4) is 0 Å². The van der Waals surface area contributed by atoms with Crippen LogP contribution in [-0.4, -0.2) is 39.5 Å². The lowest BCUT2D eigenvalue weighted by Crippen LogP contribution is -2.44. The first-order valence-corrected chi connectivity index (χ1v) is 7.84. The highest BCUT2D eigenvalue weighted by molar-refractivity contribution is 9.10. The van der Waals surface area contributed by atoms with Gasteiger partial charge in [-0.15, -0.1) is 0 Å². The SMILES string of the molecule is Cn1cc(Br)cc1C(=O)N1CCC[C@@H]1C(=O)OC(C)(C)C. The molecule has 0 bridgehead atoms. The maximum atomic E-state index is 12.6. The molecule has 0 aromatic carbocycles. The Hall–Kier alpha value is -1.30. The topological polar surface area (TPSA) is 51.5 Å². The average Bonchev–Trinajstić information content (AvgIpc) is 2.92. The van der Waals surface area contributed by atoms with Crippen molar-refractivity contribution in [1.82, 2.24) is 9.47 Å². The number of aromatic nitrogens is 1. The molecule has 6 heteroatoms. The number of esters is 1. The zero-order valence-electron chi connectivity index (χ0n) is 12.9. The molecule has 0 unspecified atom stereocenters. The summed E-state index contributed by atoms with van der Waals surface area (Å²) in [6.07, 6.45) is 3.30. The maximum absolute atomic E-state index is 12.6. The van der Waals surface area contributed by atoms with Crippen molar-refractivity contribution in [2.24, 2.45) is 7.05 Å². The third-order valence-corrected chi connectivity index (χ3v) is 3.82. The van der Waals surface area contributed by atoms with Crippen LogP contribution < -0.4 is 0 Å². The number of hydrogen-bond acceptors (Lipinski definition) is 3. The van der Waals surface area contributed by atoms with E-state index in [1.807, 2.05) is 34.0 Å². The molecule has 0 spiro atoms. The lowest BCUT2D eigenvalue weighted by atomic mass is 10.1. The molecule has 1 atom stereocenters. The van der Waals surface area contributed by atoms with Gasteiger partial charge in [-0.05, 0) is 55.6 Å². The van der Waals surface area contributed by atoms with Crippen molar-refractivity contribution in [3.8, 4) is 0 Å². The molecule has 1 amide bonds. The Bertz CT molecular complexity index is 560. The van der Waals surface area contributed by atoms with E-state index in [0.29, 0.717) is 18.7 Å². The van der Waals surface area contributed by atoms with Crippen LogP contribution in [0.1, 0.15) is 44.1 Å². The lowest BCUT2D eigenvalue weighted by molar-refractivity contribution is -0.159. The van der Waals surface area contributed by atoms with Crippen LogP contribution in [-0.2, 0) is 16.6 Å². The predicted octanol–water partition coefficient (Wildman–Crippen LogP) is 2.73. The van der Waals surface area contributed by atoms with Gasteiger partial charge < -0.3 is 14.2 Å². The summed E-state index contributed by atoms with van der Waals surface area (Å²) in [7, 11) is 1.82. The highest BCUT2D eigenvalue weighted by Gasteiger charge is 2.37. The van der Waals surface area contributed by atoms with Crippen LogP contribution in [0.5, 0.6) is 0 Å². The molecule has 1 fully saturated rings. The Labute approximate surface area is 133 Å². The second kappa shape index (κ2) is 5.83. The van der Waals surface area contributed by atoms with Crippen LogP contribution in [0, 0.1) is 0 Å². The van der Waals surface area contributed by atoms with Gasteiger partial charge in [-0.2, -0.15) is 0 Å². The molecule has 1 aromatic rings. The number of amides is 1. The second-order valence-corrected chi connectivity index (χ2v) is 7.26. The number of carbonyl (C=O) groups excluding carboxylic acids is 2. The van der Waals surface area contributed by atoms with E-state index in [1.165, 1.54) is 0 Å². The smallest absolute Gasteiger partial charge is 0.329 e. The number of likely N-dealkylation sites (tertiary alicyclic amines) is 1. The molecule has 1 aliphatic heterocycles. The number of nitrogens with zero attached hydrogens (tertiary/aromatic N) is 2. The predicted molar refractivity (Wildman–Crippen MR) is 83.0 cm³/mol. The van der Waals surface area contributed by atoms with Crippen LogP contribution in [0.2, 0.25) is 0 Å². The van der Waals surface area contributed by atoms with Crippen LogP contribution in [0.25, 0.3) is 0 Å². The van der Waals surface area contributed by atoms with E-state index in [4.69, 9.17) is 4.74 Å². The van der Waals surface area contributed by atoms with Crippen LogP contribution in [0.15, 0.2) is 16.7 Å². The number of rotatable bonds is 2. The molecule has 1 aliphatic rings. The molecule has 0 saturated carbocycles. The van der Waals surface area contributed by atoms with Crippen LogP contribution >= 0.6 is 15.9 Å². The van der Waals surface area contributed by atoms with E-state index in [0.717, 1.165) is 10.9 Å². The number of aryl methyl sites for hydroxylation is 1. The average molecular weight is 357 g/mol. The first-order chi connectivity index (χ1) is 9.69. The summed E-state index contributed by atoms with van der Waals surface area (Å²) in [5.74, 6) is -0.446. The van der Waals surface area contributed by atoms with Gasteiger partial charge in [0.05, 0.1) is 0 Å². The highest BCUT2D eigenvalue weighted by atomic mass is 79.9. The third kappa shape index (κ3) is 3.67. The van der Waals surface area contributed by atoms with Gasteiger partial charge in [0.1, 0.15) is 17.3 Å². The summed E-state index contributed by atoms with van der Waals surface area (Å²) in [5, 5.41) is 0. The van der Waals surface area contributed by atoms with Crippen molar-refractivity contribution >= 4 is 27.8 Å². The second-order valence-electron chi connectivity index (χ2n) is 6.34. The number of halogens is 1. The molecule has 0 aliphatic carbocycles. The van der Waals surface area contributed by atoms with Gasteiger partial charge in [-0.3, -0.25) is 4.79 Å². The molecule has 21 heavy (non-hydrogen) atoms. The fraction of sp³-hybridized carbons (Fsp3) is 0.600. The Morgan fingerprint density at radius 2 is 2.05 bits per heavy atom. The van der Waals surface area contributed by atoms with Gasteiger partial charge in [0.25, 0.3) is 5.91 Å². The Morgan fingerprint density at radius 1 is 1.38 bits per heavy atom. The lowest BCUT2D eigenvalue weighted by Gasteiger charge is -2.27. The van der Waals surface area contributed by atoms with Gasteiger partial charge in [-0.25, -0.2) is 4.79 Å². The van der Waals surface area contributed by atoms with E-state index in [1.54, 1.807) is 15.5 Å². The molecular weight excluding hydrogens is 336 g/mol. The first-order valence-electron chi connectivity index (χ1n) is 7.05. The minimum atomic E-state index is -0.539. The fourth-order valence-electron chi connectivity index (χ4n) is 2.51. The van der Waals surface area contributed by atoms with E-state index < -0.39 is 11.6 Å². The number of hydrogen-bond donors (Lipinski definition) is 0. The summed E-state index contributed by atoms with van der Waals surface area (Å²) < 4.78 is 8.03. The number of carbonyl (C=O) groups is 2. The van der Waals surface area contributed by atoms with Crippen molar-refractivity contribution in [1.29, 1.82) is 0 Å². The van der Waals surface area contributed by atoms with Crippen LogP contribution in [0.4, 0.5) is 0 Å². The Balaban J connectivity index is 2.17. The minimum absolute atomic E-state index is 0.128. The largest absolute Gasteiger partial charge is 0.458 e. The fourth-order valence-corrected chi connectivity index (χ4v) is 3.03. The van der Waals surface area contributed by atoms with E-state index >= 15 is 0 Å². The summed E-state index contributed by atoms with van der Waals surface area (Å²) in [4.78, 5) is 26.5. The molecule has 2 heterocycles. The van der Waals surface area contributed by atoms with Crippen molar-refractivity contribution in [3.05, 3.63) is 22.4 Å². The Kier molecular flexibility index (Phi) is 4.46. The van der Waals surface area contributed by atoms with Gasteiger partial charge in [0.2, 0.25) is 0 Å². The summed E-state index contributed by atoms with van der Waals surface area (Å²) in [6.45, 7) is 6.09. The Morgan fingerprint density at radius 3 is 2.57 bits per heavy atom. The maximum Gasteiger partial charge on any atom is 0.329 e. The standard InChI is InChI=1S/C15H21BrN2O3/c1-15(2,3)21-14(20)11-6-5-7-18(11)13(19)12-8-10(16)9-17(12)4/h8-9,11H,5-7H2,1-4H3/t11-/m1/s1. The van der Waals surface area contributed by atoms with E-state index in [9.17, 15) is 9.59 Å². The molecule has 5 nitrogen and oxygen atoms in total. The van der Waals surface area contributed by atoms with Gasteiger partial charge in [-0.1, -0.05) is 0 Å². The molecule has 2 rings (SSSR count). The van der Waals surface area contributed by atoms with Gasteiger partial charge >= 0.3 is 5.97 Å². The molecule has 116 valence electrons. The van der Waals surface area contributed by atoms with Crippen molar-refractivity contribution in [3.63, 3.8) is 0 Å². The molecule has 1 saturated heterocycles. The zero-order chi connectivity index (χ0) is 15.8. The molecular formula is C15H21BrN2O3. The molecule has 0 radical (unpaired) electrons.